The van der Waals surface area contributed by atoms with Crippen molar-refractivity contribution in [2.75, 3.05) is 13.7 Å². The summed E-state index contributed by atoms with van der Waals surface area (Å²) in [5.41, 5.74) is 6.21. The number of guanidine groups is 1. The number of rotatable bonds is 7. The highest BCUT2D eigenvalue weighted by atomic mass is 35.5. The molecule has 2 heterocycles. The molecule has 4 atom stereocenters. The molecule has 8 nitrogen and oxygen atoms in total. The first-order chi connectivity index (χ1) is 15.9. The number of nitrogens with two attached hydrogens (primary N) is 1. The lowest BCUT2D eigenvalue weighted by atomic mass is 9.89. The molecule has 4 rings (SSSR count). The zero-order valence-corrected chi connectivity index (χ0v) is 21.3. The standard InChI is InChI=1S/C25H35ClN4O4/c1-24(2)13-21(31)30(23(27)29-24)19(8-9-33-5)16-11-17(16)22(32)28-18-12-25(3,4)34-20-10-14(26)6-7-15(18)20/h6-7,10,16-19H,8-9,11-13H2,1-5H3,(H2,27,29)(H,28,32)/t16-,17-,18?,19-/m1/s1. The maximum Gasteiger partial charge on any atom is 0.231 e. The summed E-state index contributed by atoms with van der Waals surface area (Å²) in [6, 6.07) is 5.12. The largest absolute Gasteiger partial charge is 0.487 e. The Bertz CT molecular complexity index is 1010. The molecule has 1 aromatic carbocycles. The second-order valence-electron chi connectivity index (χ2n) is 10.9. The molecule has 1 aliphatic carbocycles. The Hall–Kier alpha value is -2.32. The number of benzene rings is 1. The highest BCUT2D eigenvalue weighted by Gasteiger charge is 2.52. The van der Waals surface area contributed by atoms with E-state index in [0.29, 0.717) is 36.6 Å². The van der Waals surface area contributed by atoms with Gasteiger partial charge in [0.25, 0.3) is 0 Å². The first-order valence-electron chi connectivity index (χ1n) is 11.9. The summed E-state index contributed by atoms with van der Waals surface area (Å²) < 4.78 is 11.4. The van der Waals surface area contributed by atoms with Crippen molar-refractivity contribution >= 4 is 29.4 Å². The van der Waals surface area contributed by atoms with E-state index in [1.165, 1.54) is 0 Å². The number of nitrogens with zero attached hydrogens (tertiary/aromatic N) is 2. The third-order valence-electron chi connectivity index (χ3n) is 6.89. The van der Waals surface area contributed by atoms with Crippen LogP contribution in [0.3, 0.4) is 0 Å². The van der Waals surface area contributed by atoms with E-state index in [-0.39, 0.29) is 48.1 Å². The maximum absolute atomic E-state index is 13.3. The summed E-state index contributed by atoms with van der Waals surface area (Å²) >= 11 is 6.16. The predicted octanol–water partition coefficient (Wildman–Crippen LogP) is 3.43. The second kappa shape index (κ2) is 9.04. The Balaban J connectivity index is 1.50. The molecule has 0 saturated heterocycles. The molecule has 9 heteroatoms. The van der Waals surface area contributed by atoms with Crippen LogP contribution in [0.2, 0.25) is 5.02 Å². The molecular weight excluding hydrogens is 456 g/mol. The fourth-order valence-corrected chi connectivity index (χ4v) is 5.45. The van der Waals surface area contributed by atoms with E-state index in [2.05, 4.69) is 10.3 Å². The van der Waals surface area contributed by atoms with Crippen molar-refractivity contribution in [1.29, 1.82) is 0 Å². The number of ether oxygens (including phenoxy) is 2. The van der Waals surface area contributed by atoms with Crippen molar-refractivity contribution in [1.82, 2.24) is 10.2 Å². The number of aliphatic imine (C=N–C) groups is 1. The third-order valence-corrected chi connectivity index (χ3v) is 7.12. The topological polar surface area (TPSA) is 106 Å². The monoisotopic (exact) mass is 490 g/mol. The van der Waals surface area contributed by atoms with E-state index >= 15 is 0 Å². The van der Waals surface area contributed by atoms with Crippen LogP contribution in [0.25, 0.3) is 0 Å². The molecule has 1 aromatic rings. The molecule has 3 aliphatic rings. The molecule has 0 bridgehead atoms. The number of halogens is 1. The van der Waals surface area contributed by atoms with Gasteiger partial charge in [-0.05, 0) is 58.6 Å². The number of carbonyl (C=O) groups excluding carboxylic acids is 2. The lowest BCUT2D eigenvalue weighted by molar-refractivity contribution is -0.132. The lowest BCUT2D eigenvalue weighted by Gasteiger charge is -2.38. The van der Waals surface area contributed by atoms with Gasteiger partial charge >= 0.3 is 0 Å². The quantitative estimate of drug-likeness (QED) is 0.609. The first-order valence-corrected chi connectivity index (χ1v) is 12.2. The molecule has 0 aromatic heterocycles. The maximum atomic E-state index is 13.3. The average Bonchev–Trinajstić information content (AvgIpc) is 3.48. The van der Waals surface area contributed by atoms with E-state index in [0.717, 1.165) is 5.56 Å². The van der Waals surface area contributed by atoms with Gasteiger partial charge in [0.05, 0.1) is 18.0 Å². The fourth-order valence-electron chi connectivity index (χ4n) is 5.29. The van der Waals surface area contributed by atoms with Gasteiger partial charge in [0.2, 0.25) is 11.8 Å². The number of nitrogens with one attached hydrogen (secondary N) is 1. The van der Waals surface area contributed by atoms with Gasteiger partial charge in [-0.3, -0.25) is 14.5 Å². The first kappa shape index (κ1) is 24.8. The number of carbonyl (C=O) groups is 2. The number of methoxy groups -OCH3 is 1. The molecule has 0 spiro atoms. The summed E-state index contributed by atoms with van der Waals surface area (Å²) in [6.45, 7) is 8.27. The number of fused-ring (bicyclic) bond motifs is 1. The number of amides is 2. The van der Waals surface area contributed by atoms with Gasteiger partial charge in [0.15, 0.2) is 5.96 Å². The summed E-state index contributed by atoms with van der Waals surface area (Å²) in [5, 5.41) is 3.83. The van der Waals surface area contributed by atoms with Crippen LogP contribution in [-0.2, 0) is 14.3 Å². The number of hydrogen-bond acceptors (Lipinski definition) is 6. The molecule has 1 unspecified atom stereocenters. The van der Waals surface area contributed by atoms with Gasteiger partial charge in [0, 0.05) is 42.7 Å². The smallest absolute Gasteiger partial charge is 0.231 e. The van der Waals surface area contributed by atoms with Gasteiger partial charge in [0.1, 0.15) is 11.4 Å². The van der Waals surface area contributed by atoms with Crippen LogP contribution in [0.15, 0.2) is 23.2 Å². The molecule has 0 radical (unpaired) electrons. The lowest BCUT2D eigenvalue weighted by Crippen LogP contribution is -2.55. The van der Waals surface area contributed by atoms with E-state index in [1.807, 2.05) is 39.8 Å². The van der Waals surface area contributed by atoms with Crippen LogP contribution in [0.4, 0.5) is 0 Å². The van der Waals surface area contributed by atoms with E-state index in [9.17, 15) is 9.59 Å². The molecule has 3 N–H and O–H groups in total. The summed E-state index contributed by atoms with van der Waals surface area (Å²) in [7, 11) is 1.63. The zero-order chi connectivity index (χ0) is 24.8. The van der Waals surface area contributed by atoms with Crippen molar-refractivity contribution in [2.45, 2.75) is 76.6 Å². The van der Waals surface area contributed by atoms with Crippen molar-refractivity contribution in [3.63, 3.8) is 0 Å². The summed E-state index contributed by atoms with van der Waals surface area (Å²) in [4.78, 5) is 32.4. The Morgan fingerprint density at radius 3 is 2.79 bits per heavy atom. The van der Waals surface area contributed by atoms with Crippen LogP contribution >= 0.6 is 11.6 Å². The van der Waals surface area contributed by atoms with Crippen LogP contribution in [0.1, 0.15) is 65.0 Å². The third kappa shape index (κ3) is 5.18. The van der Waals surface area contributed by atoms with Crippen molar-refractivity contribution in [3.8, 4) is 5.75 Å². The van der Waals surface area contributed by atoms with Crippen LogP contribution in [0, 0.1) is 11.8 Å². The van der Waals surface area contributed by atoms with Gasteiger partial charge in [-0.2, -0.15) is 0 Å². The Morgan fingerprint density at radius 1 is 1.38 bits per heavy atom. The molecule has 186 valence electrons. The molecule has 34 heavy (non-hydrogen) atoms. The van der Waals surface area contributed by atoms with E-state index in [1.54, 1.807) is 18.1 Å². The Kier molecular flexibility index (Phi) is 6.59. The van der Waals surface area contributed by atoms with Gasteiger partial charge in [-0.25, -0.2) is 4.99 Å². The predicted molar refractivity (Wildman–Crippen MR) is 131 cm³/mol. The highest BCUT2D eigenvalue weighted by molar-refractivity contribution is 6.30. The minimum absolute atomic E-state index is 0.00611. The zero-order valence-electron chi connectivity index (χ0n) is 20.6. The SMILES string of the molecule is COCC[C@H]([C@@H]1C[C@H]1C(=O)NC1CC(C)(C)Oc2cc(Cl)ccc21)N1C(=O)CC(C)(C)N=C1N. The molecule has 1 fully saturated rings. The highest BCUT2D eigenvalue weighted by Crippen LogP contribution is 2.47. The van der Waals surface area contributed by atoms with Crippen molar-refractivity contribution in [3.05, 3.63) is 28.8 Å². The number of hydrogen-bond donors (Lipinski definition) is 2. The van der Waals surface area contributed by atoms with Crippen LogP contribution in [0.5, 0.6) is 5.75 Å². The van der Waals surface area contributed by atoms with Gasteiger partial charge in [-0.15, -0.1) is 0 Å². The van der Waals surface area contributed by atoms with Crippen molar-refractivity contribution in [2.24, 2.45) is 22.6 Å². The molecule has 2 amide bonds. The van der Waals surface area contributed by atoms with Crippen LogP contribution in [-0.4, -0.2) is 53.6 Å². The van der Waals surface area contributed by atoms with Crippen LogP contribution < -0.4 is 15.8 Å². The fraction of sp³-hybridized carbons (Fsp3) is 0.640. The minimum atomic E-state index is -0.518. The summed E-state index contributed by atoms with van der Waals surface area (Å²) in [5.74, 6) is 0.666. The average molecular weight is 491 g/mol. The normalized spacial score (nSPS) is 27.8. The van der Waals surface area contributed by atoms with Crippen molar-refractivity contribution < 1.29 is 19.1 Å². The van der Waals surface area contributed by atoms with E-state index < -0.39 is 11.1 Å². The molecular formula is C25H35ClN4O4. The Morgan fingerprint density at radius 2 is 2.12 bits per heavy atom. The second-order valence-corrected chi connectivity index (χ2v) is 11.3. The van der Waals surface area contributed by atoms with Gasteiger partial charge in [-0.1, -0.05) is 17.7 Å². The van der Waals surface area contributed by atoms with E-state index in [4.69, 9.17) is 26.8 Å². The minimum Gasteiger partial charge on any atom is -0.487 e. The Labute approximate surface area is 206 Å². The summed E-state index contributed by atoms with van der Waals surface area (Å²) in [6.07, 6.45) is 2.23. The molecule has 2 aliphatic heterocycles. The molecule has 1 saturated carbocycles. The van der Waals surface area contributed by atoms with Gasteiger partial charge < -0.3 is 20.5 Å².